The van der Waals surface area contributed by atoms with E-state index in [1.54, 1.807) is 0 Å². The molecule has 3 heterocycles. The maximum atomic E-state index is 6.21. The van der Waals surface area contributed by atoms with Crippen molar-refractivity contribution in [3.8, 4) is 62.0 Å². The molecule has 0 atom stereocenters. The van der Waals surface area contributed by atoms with Crippen molar-refractivity contribution >= 4 is 32.8 Å². The van der Waals surface area contributed by atoms with Crippen LogP contribution in [0, 0.1) is 0 Å². The fraction of sp³-hybridized carbons (Fsp3) is 0.0588. The number of para-hydroxylation sites is 3. The molecule has 0 bridgehead atoms. The molecular weight excluding hydrogens is 671 g/mol. The van der Waals surface area contributed by atoms with E-state index >= 15 is 0 Å². The molecule has 1 aliphatic carbocycles. The average molecular weight is 706 g/mol. The molecule has 0 radical (unpaired) electrons. The highest BCUT2D eigenvalue weighted by Gasteiger charge is 2.36. The van der Waals surface area contributed by atoms with E-state index in [1.165, 1.54) is 38.5 Å². The van der Waals surface area contributed by atoms with Crippen LogP contribution in [-0.4, -0.2) is 14.5 Å². The van der Waals surface area contributed by atoms with Crippen LogP contribution in [0.1, 0.15) is 25.0 Å². The van der Waals surface area contributed by atoms with Crippen molar-refractivity contribution in [2.24, 2.45) is 0 Å². The van der Waals surface area contributed by atoms with Gasteiger partial charge in [0.2, 0.25) is 0 Å². The van der Waals surface area contributed by atoms with Crippen LogP contribution in [0.3, 0.4) is 0 Å². The van der Waals surface area contributed by atoms with Crippen LogP contribution < -0.4 is 0 Å². The number of hydrogen-bond acceptors (Lipinski definition) is 3. The van der Waals surface area contributed by atoms with Crippen LogP contribution in [0.25, 0.3) is 94.8 Å². The third kappa shape index (κ3) is 4.92. The smallest absolute Gasteiger partial charge is 0.160 e. The largest absolute Gasteiger partial charge is 0.456 e. The van der Waals surface area contributed by atoms with Crippen molar-refractivity contribution in [1.29, 1.82) is 0 Å². The Morgan fingerprint density at radius 1 is 0.491 bits per heavy atom. The van der Waals surface area contributed by atoms with Gasteiger partial charge in [-0.2, -0.15) is 0 Å². The fourth-order valence-electron chi connectivity index (χ4n) is 8.73. The molecule has 11 rings (SSSR count). The lowest BCUT2D eigenvalue weighted by molar-refractivity contribution is 0.631. The van der Waals surface area contributed by atoms with E-state index in [-0.39, 0.29) is 5.41 Å². The van der Waals surface area contributed by atoms with Gasteiger partial charge in [-0.05, 0) is 76.9 Å². The van der Waals surface area contributed by atoms with Crippen molar-refractivity contribution in [3.63, 3.8) is 0 Å². The van der Waals surface area contributed by atoms with Gasteiger partial charge in [-0.25, -0.2) is 9.97 Å². The minimum atomic E-state index is -0.120. The number of hydrogen-bond donors (Lipinski definition) is 0. The Morgan fingerprint density at radius 2 is 1.16 bits per heavy atom. The van der Waals surface area contributed by atoms with Crippen LogP contribution in [-0.2, 0) is 5.41 Å². The van der Waals surface area contributed by atoms with E-state index < -0.39 is 0 Å². The van der Waals surface area contributed by atoms with Gasteiger partial charge in [-0.3, -0.25) is 0 Å². The maximum Gasteiger partial charge on any atom is 0.160 e. The minimum Gasteiger partial charge on any atom is -0.456 e. The molecule has 0 spiro atoms. The van der Waals surface area contributed by atoms with Crippen molar-refractivity contribution in [3.05, 3.63) is 187 Å². The topological polar surface area (TPSA) is 43.9 Å². The van der Waals surface area contributed by atoms with E-state index in [0.29, 0.717) is 5.82 Å². The van der Waals surface area contributed by atoms with E-state index in [2.05, 4.69) is 176 Å². The minimum absolute atomic E-state index is 0.120. The summed E-state index contributed by atoms with van der Waals surface area (Å²) in [5, 5.41) is 3.45. The molecule has 0 saturated heterocycles. The second kappa shape index (κ2) is 12.0. The predicted octanol–water partition coefficient (Wildman–Crippen LogP) is 13.3. The van der Waals surface area contributed by atoms with Gasteiger partial charge in [-0.15, -0.1) is 0 Å². The number of aromatic nitrogens is 3. The monoisotopic (exact) mass is 705 g/mol. The lowest BCUT2D eigenvalue weighted by atomic mass is 9.82. The highest BCUT2D eigenvalue weighted by molar-refractivity contribution is 6.10. The molecule has 3 aromatic heterocycles. The SMILES string of the molecule is CC1(C)c2ccccc2-c2c(-c3cc(-c4ccc(-c5cc6ccccc6o5)cc4)nc(-c4ccc5c(c4)c4ccccc4n5-c4ccccc4)n3)cccc21. The molecule has 260 valence electrons. The average Bonchev–Trinajstić information content (AvgIpc) is 3.89. The van der Waals surface area contributed by atoms with Gasteiger partial charge in [0.15, 0.2) is 5.82 Å². The predicted molar refractivity (Wildman–Crippen MR) is 225 cm³/mol. The standard InChI is InChI=1S/C51H35N3O/c1-51(2)41-19-9-7-17-38(41)49-39(18-12-20-42(49)51)44-31-43(32-23-25-33(26-24-32)48-30-34-13-6-11-22-47(34)55-48)52-50(53-44)35-27-28-46-40(29-35)37-16-8-10-21-45(37)54(46)36-14-4-3-5-15-36/h3-31H,1-2H3. The molecule has 4 nitrogen and oxygen atoms in total. The summed E-state index contributed by atoms with van der Waals surface area (Å²) in [6.07, 6.45) is 0. The molecule has 0 saturated carbocycles. The Bertz CT molecular complexity index is 3080. The Balaban J connectivity index is 1.11. The van der Waals surface area contributed by atoms with Gasteiger partial charge in [0.25, 0.3) is 0 Å². The van der Waals surface area contributed by atoms with Gasteiger partial charge in [0.05, 0.1) is 22.4 Å². The lowest BCUT2D eigenvalue weighted by Gasteiger charge is -2.21. The molecule has 0 N–H and O–H groups in total. The van der Waals surface area contributed by atoms with E-state index in [1.807, 2.05) is 18.2 Å². The normalized spacial score (nSPS) is 13.1. The first kappa shape index (κ1) is 31.5. The van der Waals surface area contributed by atoms with Gasteiger partial charge >= 0.3 is 0 Å². The summed E-state index contributed by atoms with van der Waals surface area (Å²) in [5.41, 5.74) is 15.3. The first-order chi connectivity index (χ1) is 27.0. The molecule has 10 aromatic rings. The molecule has 0 aliphatic heterocycles. The Kier molecular flexibility index (Phi) is 6.86. The highest BCUT2D eigenvalue weighted by Crippen LogP contribution is 2.52. The van der Waals surface area contributed by atoms with E-state index in [0.717, 1.165) is 61.6 Å². The quantitative estimate of drug-likeness (QED) is 0.179. The zero-order chi connectivity index (χ0) is 36.7. The summed E-state index contributed by atoms with van der Waals surface area (Å²) in [7, 11) is 0. The third-order valence-corrected chi connectivity index (χ3v) is 11.4. The first-order valence-corrected chi connectivity index (χ1v) is 18.8. The second-order valence-electron chi connectivity index (χ2n) is 15.0. The first-order valence-electron chi connectivity index (χ1n) is 18.8. The Hall–Kier alpha value is -7.04. The van der Waals surface area contributed by atoms with E-state index in [9.17, 15) is 0 Å². The van der Waals surface area contributed by atoms with E-state index in [4.69, 9.17) is 14.4 Å². The number of rotatable bonds is 5. The third-order valence-electron chi connectivity index (χ3n) is 11.4. The number of nitrogens with zero attached hydrogens (tertiary/aromatic N) is 3. The molecule has 1 aliphatic rings. The van der Waals surface area contributed by atoms with Gasteiger partial charge in [0.1, 0.15) is 11.3 Å². The van der Waals surface area contributed by atoms with Crippen LogP contribution in [0.15, 0.2) is 180 Å². The molecule has 0 fully saturated rings. The summed E-state index contributed by atoms with van der Waals surface area (Å²) < 4.78 is 8.55. The van der Waals surface area contributed by atoms with Crippen molar-refractivity contribution in [1.82, 2.24) is 14.5 Å². The summed E-state index contributed by atoms with van der Waals surface area (Å²) in [4.78, 5) is 10.7. The van der Waals surface area contributed by atoms with Crippen molar-refractivity contribution in [2.75, 3.05) is 0 Å². The molecule has 0 unspecified atom stereocenters. The molecule has 55 heavy (non-hydrogen) atoms. The van der Waals surface area contributed by atoms with Gasteiger partial charge in [-0.1, -0.05) is 135 Å². The lowest BCUT2D eigenvalue weighted by Crippen LogP contribution is -2.14. The van der Waals surface area contributed by atoms with Crippen molar-refractivity contribution < 1.29 is 4.42 Å². The number of benzene rings is 7. The molecule has 4 heteroatoms. The van der Waals surface area contributed by atoms with Crippen LogP contribution in [0.5, 0.6) is 0 Å². The number of furan rings is 1. The van der Waals surface area contributed by atoms with Crippen molar-refractivity contribution in [2.45, 2.75) is 19.3 Å². The van der Waals surface area contributed by atoms with Gasteiger partial charge < -0.3 is 8.98 Å². The summed E-state index contributed by atoms with van der Waals surface area (Å²) in [6, 6.07) is 62.2. The zero-order valence-electron chi connectivity index (χ0n) is 30.5. The molecular formula is C51H35N3O. The van der Waals surface area contributed by atoms with Crippen LogP contribution in [0.4, 0.5) is 0 Å². The maximum absolute atomic E-state index is 6.21. The zero-order valence-corrected chi connectivity index (χ0v) is 30.5. The molecule has 0 amide bonds. The Morgan fingerprint density at radius 3 is 2.04 bits per heavy atom. The van der Waals surface area contributed by atoms with Gasteiger partial charge in [0, 0.05) is 49.5 Å². The Labute approximate surface area is 319 Å². The highest BCUT2D eigenvalue weighted by atomic mass is 16.3. The summed E-state index contributed by atoms with van der Waals surface area (Å²) in [5.74, 6) is 1.54. The van der Waals surface area contributed by atoms with Crippen LogP contribution >= 0.6 is 0 Å². The summed E-state index contributed by atoms with van der Waals surface area (Å²) in [6.45, 7) is 4.64. The summed E-state index contributed by atoms with van der Waals surface area (Å²) >= 11 is 0. The second-order valence-corrected chi connectivity index (χ2v) is 15.0. The fourth-order valence-corrected chi connectivity index (χ4v) is 8.73. The number of fused-ring (bicyclic) bond motifs is 7. The van der Waals surface area contributed by atoms with Crippen LogP contribution in [0.2, 0.25) is 0 Å². The molecule has 7 aromatic carbocycles.